The Kier molecular flexibility index (Phi) is 4.34. The second kappa shape index (κ2) is 5.79. The van der Waals surface area contributed by atoms with Gasteiger partial charge in [-0.1, -0.05) is 12.8 Å². The first-order chi connectivity index (χ1) is 8.59. The lowest BCUT2D eigenvalue weighted by molar-refractivity contribution is -0.124. The van der Waals surface area contributed by atoms with Crippen molar-refractivity contribution in [3.8, 4) is 0 Å². The Morgan fingerprint density at radius 3 is 2.78 bits per heavy atom. The van der Waals surface area contributed by atoms with Gasteiger partial charge in [-0.3, -0.25) is 4.79 Å². The van der Waals surface area contributed by atoms with Gasteiger partial charge in [0, 0.05) is 24.0 Å². The van der Waals surface area contributed by atoms with Gasteiger partial charge in [0.1, 0.15) is 0 Å². The zero-order chi connectivity index (χ0) is 13.0. The van der Waals surface area contributed by atoms with Crippen LogP contribution in [0.4, 0.5) is 0 Å². The minimum Gasteiger partial charge on any atom is -0.355 e. The van der Waals surface area contributed by atoms with E-state index in [0.717, 1.165) is 37.0 Å². The average molecular weight is 288 g/mol. The van der Waals surface area contributed by atoms with Crippen LogP contribution >= 0.6 is 11.3 Å². The first-order valence-electron chi connectivity index (χ1n) is 5.99. The summed E-state index contributed by atoms with van der Waals surface area (Å²) in [6.07, 6.45) is 5.50. The number of hydrogen-bond donors (Lipinski definition) is 1. The minimum absolute atomic E-state index is 0.0122. The van der Waals surface area contributed by atoms with Gasteiger partial charge in [0.05, 0.1) is 5.75 Å². The largest absolute Gasteiger partial charge is 0.355 e. The smallest absolute Gasteiger partial charge is 0.223 e. The lowest BCUT2D eigenvalue weighted by Crippen LogP contribution is -2.33. The molecule has 100 valence electrons. The number of sulfone groups is 1. The van der Waals surface area contributed by atoms with Crippen LogP contribution in [0.25, 0.3) is 0 Å². The molecule has 1 heterocycles. The van der Waals surface area contributed by atoms with Crippen molar-refractivity contribution in [1.29, 1.82) is 0 Å². The fourth-order valence-corrected chi connectivity index (χ4v) is 4.22. The minimum atomic E-state index is -3.34. The summed E-state index contributed by atoms with van der Waals surface area (Å²) in [7, 11) is -3.34. The molecule has 0 aromatic carbocycles. The van der Waals surface area contributed by atoms with Crippen molar-refractivity contribution in [3.63, 3.8) is 0 Å². The van der Waals surface area contributed by atoms with Gasteiger partial charge in [-0.25, -0.2) is 13.4 Å². The topological polar surface area (TPSA) is 76.1 Å². The van der Waals surface area contributed by atoms with Gasteiger partial charge in [-0.15, -0.1) is 11.3 Å². The van der Waals surface area contributed by atoms with Crippen molar-refractivity contribution in [1.82, 2.24) is 10.3 Å². The molecule has 1 saturated carbocycles. The van der Waals surface area contributed by atoms with E-state index in [1.165, 1.54) is 6.20 Å². The van der Waals surface area contributed by atoms with Crippen LogP contribution in [0.3, 0.4) is 0 Å². The van der Waals surface area contributed by atoms with Crippen molar-refractivity contribution < 1.29 is 13.2 Å². The number of nitrogens with one attached hydrogen (secondary N) is 1. The molecule has 1 aromatic rings. The molecule has 0 unspecified atom stereocenters. The van der Waals surface area contributed by atoms with Gasteiger partial charge >= 0.3 is 0 Å². The molecule has 1 aliphatic rings. The summed E-state index contributed by atoms with van der Waals surface area (Å²) in [5, 5.41) is 4.33. The second-order valence-corrected chi connectivity index (χ2v) is 7.57. The Hall–Kier alpha value is -0.950. The molecule has 1 aromatic heterocycles. The molecule has 1 amide bonds. The van der Waals surface area contributed by atoms with Crippen LogP contribution in [0.5, 0.6) is 0 Å². The zero-order valence-corrected chi connectivity index (χ0v) is 11.6. The normalized spacial score (nSPS) is 16.9. The van der Waals surface area contributed by atoms with Crippen LogP contribution in [0, 0.1) is 5.92 Å². The monoisotopic (exact) mass is 288 g/mol. The molecule has 0 radical (unpaired) electrons. The maximum Gasteiger partial charge on any atom is 0.223 e. The van der Waals surface area contributed by atoms with E-state index in [1.807, 2.05) is 0 Å². The molecular formula is C11H16N2O3S2. The summed E-state index contributed by atoms with van der Waals surface area (Å²) < 4.78 is 23.7. The molecule has 1 N–H and O–H groups in total. The number of aromatic nitrogens is 1. The summed E-state index contributed by atoms with van der Waals surface area (Å²) in [6, 6.07) is 0. The molecule has 5 nitrogen and oxygen atoms in total. The predicted molar refractivity (Wildman–Crippen MR) is 69.1 cm³/mol. The summed E-state index contributed by atoms with van der Waals surface area (Å²) in [4.78, 5) is 15.5. The highest BCUT2D eigenvalue weighted by molar-refractivity contribution is 7.93. The van der Waals surface area contributed by atoms with Gasteiger partial charge in [-0.2, -0.15) is 0 Å². The van der Waals surface area contributed by atoms with E-state index in [4.69, 9.17) is 0 Å². The lowest BCUT2D eigenvalue weighted by atomic mass is 10.1. The number of amides is 1. The standard InChI is InChI=1S/C11H16N2O3S2/c14-10(9-3-1-2-4-9)12-6-8-18(15,16)11-13-5-7-17-11/h5,7,9H,1-4,6,8H2,(H,12,14). The fourth-order valence-electron chi connectivity index (χ4n) is 2.09. The zero-order valence-electron chi connectivity index (χ0n) is 9.96. The Morgan fingerprint density at radius 1 is 1.44 bits per heavy atom. The van der Waals surface area contributed by atoms with Crippen LogP contribution < -0.4 is 5.32 Å². The first-order valence-corrected chi connectivity index (χ1v) is 8.53. The fraction of sp³-hybridized carbons (Fsp3) is 0.636. The molecule has 0 spiro atoms. The van der Waals surface area contributed by atoms with Crippen LogP contribution in [0.15, 0.2) is 15.9 Å². The summed E-state index contributed by atoms with van der Waals surface area (Å²) in [5.74, 6) is -0.0201. The maximum atomic E-state index is 11.8. The number of carbonyl (C=O) groups excluding carboxylic acids is 1. The average Bonchev–Trinajstić information content (AvgIpc) is 3.02. The third-order valence-electron chi connectivity index (χ3n) is 3.07. The van der Waals surface area contributed by atoms with Crippen molar-refractivity contribution in [2.45, 2.75) is 30.0 Å². The molecule has 2 rings (SSSR count). The van der Waals surface area contributed by atoms with E-state index in [-0.39, 0.29) is 28.5 Å². The van der Waals surface area contributed by atoms with Crippen LogP contribution in [-0.4, -0.2) is 31.6 Å². The quantitative estimate of drug-likeness (QED) is 0.884. The third-order valence-corrected chi connectivity index (χ3v) is 6.07. The van der Waals surface area contributed by atoms with Crippen LogP contribution in [-0.2, 0) is 14.6 Å². The first kappa shape index (κ1) is 13.5. The number of carbonyl (C=O) groups is 1. The summed E-state index contributed by atoms with van der Waals surface area (Å²) >= 11 is 1.10. The SMILES string of the molecule is O=C(NCCS(=O)(=O)c1nccs1)C1CCCC1. The van der Waals surface area contributed by atoms with Gasteiger partial charge in [0.2, 0.25) is 20.1 Å². The third kappa shape index (κ3) is 3.29. The van der Waals surface area contributed by atoms with Crippen molar-refractivity contribution >= 4 is 27.1 Å². The molecule has 0 atom stereocenters. The van der Waals surface area contributed by atoms with Crippen LogP contribution in [0.2, 0.25) is 0 Å². The molecule has 0 bridgehead atoms. The number of hydrogen-bond acceptors (Lipinski definition) is 5. The summed E-state index contributed by atoms with van der Waals surface area (Å²) in [5.41, 5.74) is 0. The molecular weight excluding hydrogens is 272 g/mol. The van der Waals surface area contributed by atoms with Gasteiger partial charge in [0.15, 0.2) is 0 Å². The van der Waals surface area contributed by atoms with Crippen molar-refractivity contribution in [2.24, 2.45) is 5.92 Å². The Morgan fingerprint density at radius 2 is 2.17 bits per heavy atom. The highest BCUT2D eigenvalue weighted by atomic mass is 32.2. The summed E-state index contributed by atoms with van der Waals surface area (Å²) in [6.45, 7) is 0.164. The van der Waals surface area contributed by atoms with E-state index in [1.54, 1.807) is 5.38 Å². The van der Waals surface area contributed by atoms with Gasteiger partial charge < -0.3 is 5.32 Å². The molecule has 0 aliphatic heterocycles. The van der Waals surface area contributed by atoms with E-state index in [2.05, 4.69) is 10.3 Å². The molecule has 1 aliphatic carbocycles. The highest BCUT2D eigenvalue weighted by Gasteiger charge is 2.23. The molecule has 0 saturated heterocycles. The Balaban J connectivity index is 1.80. The van der Waals surface area contributed by atoms with Gasteiger partial charge in [-0.05, 0) is 12.8 Å². The van der Waals surface area contributed by atoms with E-state index < -0.39 is 9.84 Å². The number of rotatable bonds is 5. The maximum absolute atomic E-state index is 11.8. The molecule has 18 heavy (non-hydrogen) atoms. The molecule has 1 fully saturated rings. The van der Waals surface area contributed by atoms with Crippen molar-refractivity contribution in [3.05, 3.63) is 11.6 Å². The lowest BCUT2D eigenvalue weighted by Gasteiger charge is -2.09. The Labute approximate surface area is 111 Å². The van der Waals surface area contributed by atoms with Gasteiger partial charge in [0.25, 0.3) is 0 Å². The predicted octanol–water partition coefficient (Wildman–Crippen LogP) is 1.22. The number of thiazole rings is 1. The van der Waals surface area contributed by atoms with Crippen molar-refractivity contribution in [2.75, 3.05) is 12.3 Å². The Bertz CT molecular complexity index is 490. The van der Waals surface area contributed by atoms with E-state index in [9.17, 15) is 13.2 Å². The number of nitrogens with zero attached hydrogens (tertiary/aromatic N) is 1. The molecule has 7 heteroatoms. The highest BCUT2D eigenvalue weighted by Crippen LogP contribution is 2.24. The van der Waals surface area contributed by atoms with E-state index >= 15 is 0 Å². The second-order valence-electron chi connectivity index (χ2n) is 4.39. The van der Waals surface area contributed by atoms with E-state index in [0.29, 0.717) is 0 Å². The van der Waals surface area contributed by atoms with Crippen LogP contribution in [0.1, 0.15) is 25.7 Å².